The molecular formula is C24H39N5O2. The van der Waals surface area contributed by atoms with E-state index in [1.807, 2.05) is 12.1 Å². The predicted molar refractivity (Wildman–Crippen MR) is 126 cm³/mol. The molecule has 3 rings (SSSR count). The van der Waals surface area contributed by atoms with Crippen molar-refractivity contribution in [2.24, 2.45) is 4.99 Å². The number of likely N-dealkylation sites (tertiary alicyclic amines) is 1. The first kappa shape index (κ1) is 23.4. The first-order valence-corrected chi connectivity index (χ1v) is 11.9. The number of nitrogens with one attached hydrogen (secondary N) is 3. The molecule has 0 radical (unpaired) electrons. The minimum Gasteiger partial charge on any atom is -0.497 e. The highest BCUT2D eigenvalue weighted by Crippen LogP contribution is 2.28. The minimum atomic E-state index is 0.126. The summed E-state index contributed by atoms with van der Waals surface area (Å²) >= 11 is 0. The third kappa shape index (κ3) is 7.42. The highest BCUT2D eigenvalue weighted by Gasteiger charge is 2.24. The second-order valence-electron chi connectivity index (χ2n) is 8.48. The lowest BCUT2D eigenvalue weighted by Crippen LogP contribution is -2.41. The predicted octanol–water partition coefficient (Wildman–Crippen LogP) is 2.84. The van der Waals surface area contributed by atoms with E-state index in [1.54, 1.807) is 7.11 Å². The molecule has 0 spiro atoms. The summed E-state index contributed by atoms with van der Waals surface area (Å²) in [6.07, 6.45) is 7.62. The van der Waals surface area contributed by atoms with Gasteiger partial charge in [-0.3, -0.25) is 14.7 Å². The Morgan fingerprint density at radius 3 is 2.68 bits per heavy atom. The van der Waals surface area contributed by atoms with Crippen LogP contribution >= 0.6 is 0 Å². The molecule has 0 bridgehead atoms. The fourth-order valence-corrected chi connectivity index (χ4v) is 4.52. The van der Waals surface area contributed by atoms with Crippen LogP contribution in [0.25, 0.3) is 0 Å². The van der Waals surface area contributed by atoms with E-state index in [0.717, 1.165) is 44.2 Å². The number of aliphatic imine (C=N–C) groups is 1. The summed E-state index contributed by atoms with van der Waals surface area (Å²) in [6.45, 7) is 6.29. The number of guanidine groups is 1. The van der Waals surface area contributed by atoms with Crippen molar-refractivity contribution in [1.82, 2.24) is 20.9 Å². The normalized spacial score (nSPS) is 18.7. The fraction of sp³-hybridized carbons (Fsp3) is 0.667. The van der Waals surface area contributed by atoms with Gasteiger partial charge in [-0.2, -0.15) is 0 Å². The standard InChI is InChI=1S/C24H39N5O2/c1-3-25-24(26-14-13-23(30)28-20-10-4-5-11-20)27-18-22(29-15-6-7-16-29)19-9-8-12-21(17-19)31-2/h8-9,12,17,20,22H,3-7,10-11,13-16,18H2,1-2H3,(H,28,30)(H2,25,26,27). The number of amides is 1. The zero-order chi connectivity index (χ0) is 21.9. The van der Waals surface area contributed by atoms with Gasteiger partial charge in [0.1, 0.15) is 5.75 Å². The maximum atomic E-state index is 12.2. The number of rotatable bonds is 10. The molecule has 1 aromatic carbocycles. The maximum absolute atomic E-state index is 12.2. The molecule has 31 heavy (non-hydrogen) atoms. The van der Waals surface area contributed by atoms with E-state index in [4.69, 9.17) is 9.73 Å². The quantitative estimate of drug-likeness (QED) is 0.394. The molecule has 1 saturated carbocycles. The van der Waals surface area contributed by atoms with Crippen molar-refractivity contribution in [1.29, 1.82) is 0 Å². The number of hydrogen-bond donors (Lipinski definition) is 3. The first-order chi connectivity index (χ1) is 15.2. The van der Waals surface area contributed by atoms with Crippen LogP contribution in [0.15, 0.2) is 29.3 Å². The fourth-order valence-electron chi connectivity index (χ4n) is 4.52. The number of benzene rings is 1. The van der Waals surface area contributed by atoms with Gasteiger partial charge in [0.15, 0.2) is 5.96 Å². The molecule has 2 aliphatic rings. The summed E-state index contributed by atoms with van der Waals surface area (Å²) in [5, 5.41) is 9.79. The lowest BCUT2D eigenvalue weighted by Gasteiger charge is -2.27. The lowest BCUT2D eigenvalue weighted by molar-refractivity contribution is -0.121. The van der Waals surface area contributed by atoms with Gasteiger partial charge < -0.3 is 20.7 Å². The van der Waals surface area contributed by atoms with E-state index < -0.39 is 0 Å². The van der Waals surface area contributed by atoms with Crippen LogP contribution in [0.4, 0.5) is 0 Å². The van der Waals surface area contributed by atoms with Gasteiger partial charge in [-0.1, -0.05) is 25.0 Å². The van der Waals surface area contributed by atoms with Gasteiger partial charge in [0, 0.05) is 25.6 Å². The van der Waals surface area contributed by atoms with Crippen molar-refractivity contribution in [2.75, 3.05) is 39.8 Å². The molecular weight excluding hydrogens is 390 g/mol. The number of carbonyl (C=O) groups is 1. The number of ether oxygens (including phenoxy) is 1. The molecule has 3 N–H and O–H groups in total. The molecule has 1 saturated heterocycles. The Morgan fingerprint density at radius 2 is 1.97 bits per heavy atom. The summed E-state index contributed by atoms with van der Waals surface area (Å²) in [6, 6.07) is 8.90. The summed E-state index contributed by atoms with van der Waals surface area (Å²) in [5.41, 5.74) is 1.23. The molecule has 1 aromatic rings. The van der Waals surface area contributed by atoms with E-state index in [0.29, 0.717) is 25.6 Å². The summed E-state index contributed by atoms with van der Waals surface area (Å²) in [5.74, 6) is 1.77. The van der Waals surface area contributed by atoms with E-state index in [1.165, 1.54) is 31.2 Å². The zero-order valence-corrected chi connectivity index (χ0v) is 19.2. The monoisotopic (exact) mass is 429 g/mol. The Balaban J connectivity index is 1.57. The van der Waals surface area contributed by atoms with Crippen LogP contribution in [0.5, 0.6) is 5.75 Å². The SMILES string of the molecule is CCNC(=NCC(c1cccc(OC)c1)N1CCCC1)NCCC(=O)NC1CCCC1. The van der Waals surface area contributed by atoms with Crippen LogP contribution in [0.2, 0.25) is 0 Å². The van der Waals surface area contributed by atoms with Crippen molar-refractivity contribution < 1.29 is 9.53 Å². The van der Waals surface area contributed by atoms with E-state index in [9.17, 15) is 4.79 Å². The molecule has 1 heterocycles. The third-order valence-corrected chi connectivity index (χ3v) is 6.19. The van der Waals surface area contributed by atoms with Gasteiger partial charge in [0.05, 0.1) is 19.7 Å². The second-order valence-corrected chi connectivity index (χ2v) is 8.48. The van der Waals surface area contributed by atoms with Crippen LogP contribution in [0.1, 0.15) is 63.5 Å². The molecule has 7 nitrogen and oxygen atoms in total. The van der Waals surface area contributed by atoms with Crippen LogP contribution in [-0.2, 0) is 4.79 Å². The van der Waals surface area contributed by atoms with Crippen molar-refractivity contribution in [3.05, 3.63) is 29.8 Å². The van der Waals surface area contributed by atoms with Crippen molar-refractivity contribution >= 4 is 11.9 Å². The van der Waals surface area contributed by atoms with Crippen molar-refractivity contribution in [3.8, 4) is 5.75 Å². The lowest BCUT2D eigenvalue weighted by atomic mass is 10.1. The number of carbonyl (C=O) groups excluding carboxylic acids is 1. The molecule has 1 amide bonds. The molecule has 172 valence electrons. The smallest absolute Gasteiger partial charge is 0.221 e. The summed E-state index contributed by atoms with van der Waals surface area (Å²) < 4.78 is 5.44. The summed E-state index contributed by atoms with van der Waals surface area (Å²) in [4.78, 5) is 19.6. The van der Waals surface area contributed by atoms with Gasteiger partial charge in [-0.25, -0.2) is 0 Å². The van der Waals surface area contributed by atoms with Gasteiger partial charge in [-0.05, 0) is 63.4 Å². The molecule has 1 unspecified atom stereocenters. The average molecular weight is 430 g/mol. The summed E-state index contributed by atoms with van der Waals surface area (Å²) in [7, 11) is 1.71. The zero-order valence-electron chi connectivity index (χ0n) is 19.2. The minimum absolute atomic E-state index is 0.126. The molecule has 7 heteroatoms. The molecule has 1 aliphatic heterocycles. The van der Waals surface area contributed by atoms with E-state index in [2.05, 4.69) is 39.9 Å². The van der Waals surface area contributed by atoms with Crippen LogP contribution in [-0.4, -0.2) is 62.6 Å². The third-order valence-electron chi connectivity index (χ3n) is 6.19. The highest BCUT2D eigenvalue weighted by atomic mass is 16.5. The topological polar surface area (TPSA) is 78.0 Å². The Hall–Kier alpha value is -2.28. The van der Waals surface area contributed by atoms with Crippen LogP contribution in [0, 0.1) is 0 Å². The molecule has 1 aliphatic carbocycles. The van der Waals surface area contributed by atoms with Gasteiger partial charge in [0.2, 0.25) is 5.91 Å². The first-order valence-electron chi connectivity index (χ1n) is 11.9. The van der Waals surface area contributed by atoms with Crippen molar-refractivity contribution in [2.45, 2.75) is 64.0 Å². The number of nitrogens with zero attached hydrogens (tertiary/aromatic N) is 2. The Kier molecular flexibility index (Phi) is 9.46. The molecule has 1 atom stereocenters. The van der Waals surface area contributed by atoms with Crippen LogP contribution < -0.4 is 20.7 Å². The second kappa shape index (κ2) is 12.5. The largest absolute Gasteiger partial charge is 0.497 e. The average Bonchev–Trinajstić information content (AvgIpc) is 3.49. The Morgan fingerprint density at radius 1 is 1.19 bits per heavy atom. The highest BCUT2D eigenvalue weighted by molar-refractivity contribution is 5.81. The Bertz CT molecular complexity index is 712. The van der Waals surface area contributed by atoms with Crippen LogP contribution in [0.3, 0.4) is 0 Å². The molecule has 2 fully saturated rings. The van der Waals surface area contributed by atoms with E-state index in [-0.39, 0.29) is 11.9 Å². The van der Waals surface area contributed by atoms with Gasteiger partial charge in [-0.15, -0.1) is 0 Å². The maximum Gasteiger partial charge on any atom is 0.221 e. The van der Waals surface area contributed by atoms with Gasteiger partial charge in [0.25, 0.3) is 0 Å². The van der Waals surface area contributed by atoms with Crippen molar-refractivity contribution in [3.63, 3.8) is 0 Å². The van der Waals surface area contributed by atoms with E-state index >= 15 is 0 Å². The number of methoxy groups -OCH3 is 1. The number of hydrogen-bond acceptors (Lipinski definition) is 4. The Labute approximate surface area is 187 Å². The molecule has 0 aromatic heterocycles. The van der Waals surface area contributed by atoms with Gasteiger partial charge >= 0.3 is 0 Å².